The molecule has 2 atom stereocenters. The number of para-hydroxylation sites is 1. The lowest BCUT2D eigenvalue weighted by Crippen LogP contribution is -2.15. The van der Waals surface area contributed by atoms with Gasteiger partial charge in [0, 0.05) is 22.7 Å². The number of aromatic nitrogens is 2. The molecule has 0 radical (unpaired) electrons. The number of benzene rings is 1. The van der Waals surface area contributed by atoms with E-state index in [-0.39, 0.29) is 30.1 Å². The number of nitrogens with one attached hydrogen (secondary N) is 1. The number of methoxy groups -OCH3 is 1. The molecule has 2 aromatic heterocycles. The van der Waals surface area contributed by atoms with Crippen LogP contribution in [-0.2, 0) is 4.79 Å². The zero-order valence-electron chi connectivity index (χ0n) is 14.3. The normalized spacial score (nSPS) is 18.1. The quantitative estimate of drug-likeness (QED) is 0.716. The summed E-state index contributed by atoms with van der Waals surface area (Å²) in [6, 6.07) is 13.0. The largest absolute Gasteiger partial charge is 0.496 e. The average Bonchev–Trinajstić information content (AvgIpc) is 3.41. The van der Waals surface area contributed by atoms with Crippen molar-refractivity contribution in [1.29, 1.82) is 5.26 Å². The molecule has 0 saturated heterocycles. The molecular formula is C19H15FN4O2S. The van der Waals surface area contributed by atoms with E-state index in [4.69, 9.17) is 10.00 Å². The van der Waals surface area contributed by atoms with Crippen molar-refractivity contribution in [3.63, 3.8) is 0 Å². The first-order valence-electron chi connectivity index (χ1n) is 8.31. The van der Waals surface area contributed by atoms with E-state index >= 15 is 0 Å². The van der Waals surface area contributed by atoms with Crippen LogP contribution in [0.1, 0.15) is 6.42 Å². The molecule has 1 aromatic carbocycles. The van der Waals surface area contributed by atoms with Gasteiger partial charge in [0.05, 0.1) is 25.0 Å². The Kier molecular flexibility index (Phi) is 4.46. The van der Waals surface area contributed by atoms with Crippen LogP contribution in [-0.4, -0.2) is 22.0 Å². The Morgan fingerprint density at radius 3 is 2.89 bits per heavy atom. The third kappa shape index (κ3) is 3.11. The number of pyridine rings is 1. The molecule has 3 aromatic rings. The summed E-state index contributed by atoms with van der Waals surface area (Å²) in [5, 5.41) is 12.3. The fraction of sp³-hybridized carbons (Fsp3) is 0.211. The summed E-state index contributed by atoms with van der Waals surface area (Å²) in [6.07, 6.45) is 2.22. The fourth-order valence-electron chi connectivity index (χ4n) is 3.12. The molecular weight excluding hydrogens is 367 g/mol. The summed E-state index contributed by atoms with van der Waals surface area (Å²) in [4.78, 5) is 16.5. The van der Waals surface area contributed by atoms with E-state index in [9.17, 15) is 8.68 Å². The van der Waals surface area contributed by atoms with Gasteiger partial charge in [0.1, 0.15) is 11.6 Å². The Bertz CT molecular complexity index is 1080. The van der Waals surface area contributed by atoms with Gasteiger partial charge in [0.2, 0.25) is 5.91 Å². The highest BCUT2D eigenvalue weighted by Crippen LogP contribution is 2.39. The number of rotatable bonds is 5. The minimum absolute atomic E-state index is 0.0351. The van der Waals surface area contributed by atoms with E-state index in [0.717, 1.165) is 16.5 Å². The number of nitrogens with zero attached hydrogens (tertiary/aromatic N) is 3. The van der Waals surface area contributed by atoms with Gasteiger partial charge in [-0.15, -0.1) is 3.89 Å². The van der Waals surface area contributed by atoms with Gasteiger partial charge < -0.3 is 10.1 Å². The summed E-state index contributed by atoms with van der Waals surface area (Å²) in [5.41, 5.74) is 2.00. The van der Waals surface area contributed by atoms with Crippen molar-refractivity contribution in [1.82, 2.24) is 8.96 Å². The van der Waals surface area contributed by atoms with Crippen LogP contribution in [0, 0.1) is 23.2 Å². The van der Waals surface area contributed by atoms with E-state index in [1.807, 2.05) is 24.3 Å². The number of ether oxygens (including phenoxy) is 1. The smallest absolute Gasteiger partial charge is 0.230 e. The van der Waals surface area contributed by atoms with E-state index in [2.05, 4.69) is 16.4 Å². The molecule has 2 heterocycles. The number of amides is 1. The minimum Gasteiger partial charge on any atom is -0.496 e. The molecule has 0 spiro atoms. The van der Waals surface area contributed by atoms with Crippen molar-refractivity contribution in [2.75, 3.05) is 12.4 Å². The maximum Gasteiger partial charge on any atom is 0.230 e. The van der Waals surface area contributed by atoms with Crippen molar-refractivity contribution in [2.24, 2.45) is 11.8 Å². The van der Waals surface area contributed by atoms with Crippen LogP contribution in [0.15, 0.2) is 42.6 Å². The molecule has 4 rings (SSSR count). The van der Waals surface area contributed by atoms with E-state index in [1.54, 1.807) is 25.4 Å². The van der Waals surface area contributed by atoms with E-state index in [0.29, 0.717) is 23.6 Å². The zero-order chi connectivity index (χ0) is 19.0. The minimum atomic E-state index is -0.293. The lowest BCUT2D eigenvalue weighted by atomic mass is 10.0. The molecule has 2 unspecified atom stereocenters. The highest BCUT2D eigenvalue weighted by molar-refractivity contribution is 7.92. The van der Waals surface area contributed by atoms with Crippen molar-refractivity contribution >= 4 is 35.1 Å². The number of halogens is 1. The molecule has 27 heavy (non-hydrogen) atoms. The molecule has 1 aliphatic rings. The van der Waals surface area contributed by atoms with Gasteiger partial charge in [-0.3, -0.25) is 4.79 Å². The highest BCUT2D eigenvalue weighted by Gasteiger charge is 2.43. The van der Waals surface area contributed by atoms with Crippen LogP contribution in [0.5, 0.6) is 5.75 Å². The van der Waals surface area contributed by atoms with Crippen LogP contribution in [0.3, 0.4) is 0 Å². The van der Waals surface area contributed by atoms with E-state index in [1.165, 1.54) is 3.97 Å². The molecule has 0 aliphatic heterocycles. The second-order valence-corrected chi connectivity index (χ2v) is 6.80. The van der Waals surface area contributed by atoms with Gasteiger partial charge in [-0.25, -0.2) is 8.96 Å². The van der Waals surface area contributed by atoms with Gasteiger partial charge >= 0.3 is 0 Å². The summed E-state index contributed by atoms with van der Waals surface area (Å²) >= 11 is 0.0351. The maximum atomic E-state index is 13.5. The Hall–Kier alpha value is -3.05. The average molecular weight is 382 g/mol. The van der Waals surface area contributed by atoms with Crippen LogP contribution in [0.2, 0.25) is 0 Å². The number of carbonyl (C=O) groups is 1. The first-order chi connectivity index (χ1) is 13.2. The van der Waals surface area contributed by atoms with Crippen LogP contribution in [0.25, 0.3) is 22.2 Å². The van der Waals surface area contributed by atoms with Gasteiger partial charge in [0.15, 0.2) is 18.0 Å². The number of fused-ring (bicyclic) bond motifs is 1. The molecule has 1 fully saturated rings. The summed E-state index contributed by atoms with van der Waals surface area (Å²) < 4.78 is 20.2. The lowest BCUT2D eigenvalue weighted by molar-refractivity contribution is -0.117. The third-order valence-corrected chi connectivity index (χ3v) is 5.06. The molecule has 1 aliphatic carbocycles. The van der Waals surface area contributed by atoms with Gasteiger partial charge in [0.25, 0.3) is 0 Å². The molecule has 8 heteroatoms. The maximum absolute atomic E-state index is 13.5. The number of anilines is 1. The van der Waals surface area contributed by atoms with Crippen LogP contribution in [0.4, 0.5) is 9.70 Å². The molecule has 6 nitrogen and oxygen atoms in total. The predicted octanol–water partition coefficient (Wildman–Crippen LogP) is 4.19. The molecule has 136 valence electrons. The van der Waals surface area contributed by atoms with Gasteiger partial charge in [-0.05, 0) is 24.6 Å². The molecule has 1 amide bonds. The predicted molar refractivity (Wildman–Crippen MR) is 102 cm³/mol. The van der Waals surface area contributed by atoms with E-state index < -0.39 is 0 Å². The van der Waals surface area contributed by atoms with Crippen molar-refractivity contribution in [3.05, 3.63) is 42.6 Å². The zero-order valence-corrected chi connectivity index (χ0v) is 15.2. The van der Waals surface area contributed by atoms with Gasteiger partial charge in [-0.1, -0.05) is 18.2 Å². The monoisotopic (exact) mass is 382 g/mol. The molecule has 0 bridgehead atoms. The fourth-order valence-corrected chi connectivity index (χ4v) is 3.47. The first kappa shape index (κ1) is 17.4. The summed E-state index contributed by atoms with van der Waals surface area (Å²) in [5.74, 6) is 0.254. The Labute approximate surface area is 159 Å². The number of hydrogen-bond donors (Lipinski definition) is 1. The number of nitriles is 1. The summed E-state index contributed by atoms with van der Waals surface area (Å²) in [7, 11) is 1.58. The first-order valence-corrected chi connectivity index (χ1v) is 8.98. The summed E-state index contributed by atoms with van der Waals surface area (Å²) in [6.45, 7) is 0. The van der Waals surface area contributed by atoms with Crippen LogP contribution < -0.4 is 10.1 Å². The Balaban J connectivity index is 1.72. The number of hydrogen-bond acceptors (Lipinski definition) is 5. The Morgan fingerprint density at radius 1 is 1.37 bits per heavy atom. The highest BCUT2D eigenvalue weighted by atomic mass is 32.2. The second-order valence-electron chi connectivity index (χ2n) is 6.27. The Morgan fingerprint density at radius 2 is 2.19 bits per heavy atom. The SMILES string of the molecule is COc1ccccc1-c1cn(SF)c2nc(NC(=O)C3CC3C#N)ccc12. The van der Waals surface area contributed by atoms with Crippen molar-refractivity contribution in [2.45, 2.75) is 6.42 Å². The molecule has 1 saturated carbocycles. The second kappa shape index (κ2) is 6.93. The standard InChI is InChI=1S/C19H15FN4O2S/c1-26-16-5-3-2-4-12(16)15-10-24(27-20)18-13(15)6-7-17(22-18)23-19(25)14-8-11(14)9-21/h2-7,10-11,14H,8H2,1H3,(H,22,23,25). The third-order valence-electron chi connectivity index (χ3n) is 4.64. The van der Waals surface area contributed by atoms with Crippen LogP contribution >= 0.6 is 12.3 Å². The van der Waals surface area contributed by atoms with Crippen molar-refractivity contribution in [3.8, 4) is 22.9 Å². The van der Waals surface area contributed by atoms with Gasteiger partial charge in [-0.2, -0.15) is 5.26 Å². The topological polar surface area (TPSA) is 79.9 Å². The van der Waals surface area contributed by atoms with Crippen molar-refractivity contribution < 1.29 is 13.4 Å². The molecule has 1 N–H and O–H groups in total. The number of carbonyl (C=O) groups excluding carboxylic acids is 1. The lowest BCUT2D eigenvalue weighted by Gasteiger charge is -2.07.